The van der Waals surface area contributed by atoms with Crippen molar-refractivity contribution < 1.29 is 0 Å². The summed E-state index contributed by atoms with van der Waals surface area (Å²) in [6.45, 7) is 4.75. The van der Waals surface area contributed by atoms with E-state index in [-0.39, 0.29) is 0 Å². The van der Waals surface area contributed by atoms with Gasteiger partial charge in [0, 0.05) is 79.7 Å². The zero-order valence-corrected chi connectivity index (χ0v) is 17.4. The number of aromatic nitrogens is 4. The fraction of sp³-hybridized carbons (Fsp3) is 0.217. The Hall–Kier alpha value is -3.16. The van der Waals surface area contributed by atoms with Crippen LogP contribution in [0.3, 0.4) is 0 Å². The molecule has 5 rings (SSSR count). The van der Waals surface area contributed by atoms with E-state index in [1.165, 1.54) is 10.4 Å². The molecule has 1 aliphatic rings. The number of nitrogens with zero attached hydrogens (tertiary/aromatic N) is 6. The first kappa shape index (κ1) is 18.8. The summed E-state index contributed by atoms with van der Waals surface area (Å²) in [5.74, 6) is 0.790. The van der Waals surface area contributed by atoms with Crippen LogP contribution in [-0.2, 0) is 6.54 Å². The third-order valence-corrected chi connectivity index (χ3v) is 6.21. The number of piperazine rings is 1. The summed E-state index contributed by atoms with van der Waals surface area (Å²) < 4.78 is 0. The molecule has 0 N–H and O–H groups in total. The minimum Gasteiger partial charge on any atom is -0.338 e. The number of pyridine rings is 2. The minimum absolute atomic E-state index is 0.790. The predicted octanol–water partition coefficient (Wildman–Crippen LogP) is 3.98. The molecule has 1 saturated heterocycles. The van der Waals surface area contributed by atoms with Crippen molar-refractivity contribution in [1.29, 1.82) is 0 Å². The molecule has 0 atom stereocenters. The Bertz CT molecular complexity index is 1080. The Kier molecular flexibility index (Phi) is 5.46. The summed E-state index contributed by atoms with van der Waals surface area (Å²) in [5, 5.41) is 2.08. The Balaban J connectivity index is 1.37. The van der Waals surface area contributed by atoms with Gasteiger partial charge in [0.05, 0.1) is 5.69 Å². The van der Waals surface area contributed by atoms with E-state index in [4.69, 9.17) is 9.97 Å². The molecule has 0 unspecified atom stereocenters. The van der Waals surface area contributed by atoms with Crippen LogP contribution in [0.15, 0.2) is 72.8 Å². The fourth-order valence-corrected chi connectivity index (χ4v) is 4.45. The summed E-state index contributed by atoms with van der Waals surface area (Å²) in [5.41, 5.74) is 4.31. The normalized spacial score (nSPS) is 14.7. The maximum atomic E-state index is 4.99. The molecule has 7 heteroatoms. The zero-order chi connectivity index (χ0) is 20.2. The molecule has 30 heavy (non-hydrogen) atoms. The van der Waals surface area contributed by atoms with E-state index >= 15 is 0 Å². The van der Waals surface area contributed by atoms with Crippen molar-refractivity contribution in [2.75, 3.05) is 31.1 Å². The molecule has 4 aromatic rings. The summed E-state index contributed by atoms with van der Waals surface area (Å²) in [6, 6.07) is 12.3. The molecular formula is C23H22N6S. The minimum atomic E-state index is 0.790. The van der Waals surface area contributed by atoms with E-state index in [2.05, 4.69) is 55.5 Å². The average molecular weight is 415 g/mol. The van der Waals surface area contributed by atoms with Crippen molar-refractivity contribution in [3.8, 4) is 21.7 Å². The zero-order valence-electron chi connectivity index (χ0n) is 16.6. The molecule has 1 fully saturated rings. The van der Waals surface area contributed by atoms with Gasteiger partial charge in [0.1, 0.15) is 0 Å². The largest absolute Gasteiger partial charge is 0.338 e. The first-order valence-electron chi connectivity index (χ1n) is 10.0. The molecule has 5 heterocycles. The van der Waals surface area contributed by atoms with Crippen molar-refractivity contribution in [3.05, 3.63) is 78.3 Å². The van der Waals surface area contributed by atoms with Crippen LogP contribution >= 0.6 is 11.3 Å². The second-order valence-electron chi connectivity index (χ2n) is 7.27. The standard InChI is InChI=1S/C23H22N6S/c1-3-19(15-25-7-1)22-20(21-4-2-14-30-21)16-26-23(27-22)29-12-10-28(11-13-29)17-18-5-8-24-9-6-18/h1-9,14-16H,10-13,17H2. The van der Waals surface area contributed by atoms with E-state index in [0.29, 0.717) is 0 Å². The molecular weight excluding hydrogens is 392 g/mol. The Morgan fingerprint density at radius 1 is 0.867 bits per heavy atom. The van der Waals surface area contributed by atoms with Gasteiger partial charge in [-0.15, -0.1) is 11.3 Å². The van der Waals surface area contributed by atoms with Gasteiger partial charge in [-0.2, -0.15) is 0 Å². The molecule has 0 spiro atoms. The smallest absolute Gasteiger partial charge is 0.225 e. The first-order chi connectivity index (χ1) is 14.9. The van der Waals surface area contributed by atoms with E-state index in [1.54, 1.807) is 17.5 Å². The summed E-state index contributed by atoms with van der Waals surface area (Å²) in [4.78, 5) is 24.0. The van der Waals surface area contributed by atoms with Crippen LogP contribution < -0.4 is 4.90 Å². The van der Waals surface area contributed by atoms with Crippen LogP contribution in [0.2, 0.25) is 0 Å². The van der Waals surface area contributed by atoms with E-state index in [0.717, 1.165) is 55.5 Å². The second-order valence-corrected chi connectivity index (χ2v) is 8.22. The van der Waals surface area contributed by atoms with Crippen molar-refractivity contribution in [2.24, 2.45) is 0 Å². The Morgan fingerprint density at radius 3 is 2.47 bits per heavy atom. The van der Waals surface area contributed by atoms with Crippen LogP contribution in [0.25, 0.3) is 21.7 Å². The maximum absolute atomic E-state index is 4.99. The Labute approximate surface area is 179 Å². The van der Waals surface area contributed by atoms with E-state index in [9.17, 15) is 0 Å². The number of hydrogen-bond donors (Lipinski definition) is 0. The lowest BCUT2D eigenvalue weighted by molar-refractivity contribution is 0.248. The lowest BCUT2D eigenvalue weighted by Gasteiger charge is -2.34. The van der Waals surface area contributed by atoms with Gasteiger partial charge < -0.3 is 4.90 Å². The Morgan fingerprint density at radius 2 is 1.73 bits per heavy atom. The van der Waals surface area contributed by atoms with Gasteiger partial charge in [-0.05, 0) is 41.3 Å². The van der Waals surface area contributed by atoms with Crippen LogP contribution in [0.4, 0.5) is 5.95 Å². The molecule has 6 nitrogen and oxygen atoms in total. The van der Waals surface area contributed by atoms with Gasteiger partial charge in [0.15, 0.2) is 0 Å². The molecule has 0 aromatic carbocycles. The summed E-state index contributed by atoms with van der Waals surface area (Å²) in [7, 11) is 0. The second kappa shape index (κ2) is 8.69. The molecule has 0 bridgehead atoms. The van der Waals surface area contributed by atoms with Crippen LogP contribution in [0.1, 0.15) is 5.56 Å². The molecule has 4 aromatic heterocycles. The predicted molar refractivity (Wildman–Crippen MR) is 120 cm³/mol. The van der Waals surface area contributed by atoms with Crippen molar-refractivity contribution in [1.82, 2.24) is 24.8 Å². The fourth-order valence-electron chi connectivity index (χ4n) is 3.71. The van der Waals surface area contributed by atoms with Crippen LogP contribution in [-0.4, -0.2) is 51.0 Å². The van der Waals surface area contributed by atoms with Crippen molar-refractivity contribution in [3.63, 3.8) is 0 Å². The highest BCUT2D eigenvalue weighted by Gasteiger charge is 2.21. The lowest BCUT2D eigenvalue weighted by Crippen LogP contribution is -2.46. The van der Waals surface area contributed by atoms with Crippen LogP contribution in [0, 0.1) is 0 Å². The number of rotatable bonds is 5. The van der Waals surface area contributed by atoms with Gasteiger partial charge in [-0.3, -0.25) is 14.9 Å². The average Bonchev–Trinajstić information content (AvgIpc) is 3.35. The van der Waals surface area contributed by atoms with Gasteiger partial charge in [0.2, 0.25) is 5.95 Å². The third kappa shape index (κ3) is 4.08. The first-order valence-corrected chi connectivity index (χ1v) is 10.9. The van der Waals surface area contributed by atoms with Crippen molar-refractivity contribution >= 4 is 17.3 Å². The molecule has 0 amide bonds. The van der Waals surface area contributed by atoms with Gasteiger partial charge in [-0.1, -0.05) is 6.07 Å². The van der Waals surface area contributed by atoms with Gasteiger partial charge >= 0.3 is 0 Å². The monoisotopic (exact) mass is 414 g/mol. The molecule has 0 radical (unpaired) electrons. The SMILES string of the molecule is c1cncc(-c2nc(N3CCN(Cc4ccncc4)CC3)ncc2-c2cccs2)c1. The highest BCUT2D eigenvalue weighted by molar-refractivity contribution is 7.13. The third-order valence-electron chi connectivity index (χ3n) is 5.31. The lowest BCUT2D eigenvalue weighted by atomic mass is 10.1. The topological polar surface area (TPSA) is 58.0 Å². The van der Waals surface area contributed by atoms with Crippen LogP contribution in [0.5, 0.6) is 0 Å². The quantitative estimate of drug-likeness (QED) is 0.492. The summed E-state index contributed by atoms with van der Waals surface area (Å²) >= 11 is 1.70. The maximum Gasteiger partial charge on any atom is 0.225 e. The number of anilines is 1. The summed E-state index contributed by atoms with van der Waals surface area (Å²) in [6.07, 6.45) is 9.33. The van der Waals surface area contributed by atoms with E-state index in [1.807, 2.05) is 30.9 Å². The highest BCUT2D eigenvalue weighted by atomic mass is 32.1. The molecule has 0 aliphatic carbocycles. The van der Waals surface area contributed by atoms with E-state index < -0.39 is 0 Å². The molecule has 150 valence electrons. The number of thiophene rings is 1. The molecule has 0 saturated carbocycles. The number of hydrogen-bond acceptors (Lipinski definition) is 7. The molecule has 1 aliphatic heterocycles. The van der Waals surface area contributed by atoms with Gasteiger partial charge in [0.25, 0.3) is 0 Å². The van der Waals surface area contributed by atoms with Gasteiger partial charge in [-0.25, -0.2) is 9.97 Å². The highest BCUT2D eigenvalue weighted by Crippen LogP contribution is 2.33. The van der Waals surface area contributed by atoms with Crippen molar-refractivity contribution in [2.45, 2.75) is 6.54 Å².